The van der Waals surface area contributed by atoms with E-state index in [0.29, 0.717) is 18.4 Å². The Bertz CT molecular complexity index is 1150. The van der Waals surface area contributed by atoms with Crippen molar-refractivity contribution >= 4 is 41.6 Å². The van der Waals surface area contributed by atoms with Crippen LogP contribution in [-0.2, 0) is 16.0 Å². The summed E-state index contributed by atoms with van der Waals surface area (Å²) in [6, 6.07) is 8.06. The lowest BCUT2D eigenvalue weighted by atomic mass is 9.79. The Morgan fingerprint density at radius 1 is 1.07 bits per heavy atom. The monoisotopic (exact) mass is 386 g/mol. The van der Waals surface area contributed by atoms with Gasteiger partial charge in [0.1, 0.15) is 5.78 Å². The first-order valence-electron chi connectivity index (χ1n) is 10.3. The van der Waals surface area contributed by atoms with Crippen LogP contribution in [0.4, 0.5) is 0 Å². The molecule has 0 atom stereocenters. The number of rotatable bonds is 8. The lowest BCUT2D eigenvalue weighted by Gasteiger charge is -2.26. The summed E-state index contributed by atoms with van der Waals surface area (Å²) >= 11 is 0. The molecule has 0 heterocycles. The largest absolute Gasteiger partial charge is 0.299 e. The smallest absolute Gasteiger partial charge is 0.166 e. The van der Waals surface area contributed by atoms with Crippen LogP contribution in [0.15, 0.2) is 42.0 Å². The summed E-state index contributed by atoms with van der Waals surface area (Å²) in [5.74, 6) is -0.0835. The lowest BCUT2D eigenvalue weighted by Crippen LogP contribution is -2.19. The van der Waals surface area contributed by atoms with Gasteiger partial charge in [0.2, 0.25) is 0 Å². The zero-order chi connectivity index (χ0) is 21.3. The number of Topliss-reactive ketones (excluding diaryl/α,β-unsaturated/α-hetero) is 2. The number of hydrogen-bond donors (Lipinski definition) is 0. The maximum Gasteiger partial charge on any atom is 0.166 e. The lowest BCUT2D eigenvalue weighted by molar-refractivity contribution is -0.125. The number of carbonyl (C=O) groups excluding carboxylic acids is 2. The van der Waals surface area contributed by atoms with Crippen molar-refractivity contribution < 1.29 is 9.59 Å². The number of benzene rings is 2. The van der Waals surface area contributed by atoms with Crippen molar-refractivity contribution in [2.45, 2.75) is 52.9 Å². The van der Waals surface area contributed by atoms with Gasteiger partial charge in [-0.15, -0.1) is 0 Å². The molecule has 1 aliphatic carbocycles. The third-order valence-corrected chi connectivity index (χ3v) is 6.41. The van der Waals surface area contributed by atoms with E-state index in [0.717, 1.165) is 50.8 Å². The summed E-state index contributed by atoms with van der Waals surface area (Å²) in [5.41, 5.74) is 3.80. The highest BCUT2D eigenvalue weighted by molar-refractivity contribution is 6.11. The van der Waals surface area contributed by atoms with E-state index in [1.54, 1.807) is 0 Å². The molecule has 2 heteroatoms. The van der Waals surface area contributed by atoms with Crippen LogP contribution < -0.4 is 10.4 Å². The van der Waals surface area contributed by atoms with E-state index >= 15 is 0 Å². The molecule has 0 aromatic heterocycles. The highest BCUT2D eigenvalue weighted by atomic mass is 16.1. The van der Waals surface area contributed by atoms with Crippen LogP contribution in [0.25, 0.3) is 30.0 Å². The molecule has 0 aliphatic heterocycles. The second-order valence-corrected chi connectivity index (χ2v) is 8.72. The summed E-state index contributed by atoms with van der Waals surface area (Å²) in [7, 11) is 0. The number of ketones is 2. The first kappa shape index (κ1) is 21.0. The van der Waals surface area contributed by atoms with Crippen molar-refractivity contribution in [2.75, 3.05) is 0 Å². The topological polar surface area (TPSA) is 34.1 Å². The van der Waals surface area contributed by atoms with Crippen LogP contribution in [0.5, 0.6) is 0 Å². The molecule has 0 amide bonds. The Balaban J connectivity index is 1.74. The molecular weight excluding hydrogens is 356 g/mol. The van der Waals surface area contributed by atoms with E-state index in [-0.39, 0.29) is 23.4 Å². The Kier molecular flexibility index (Phi) is 5.75. The van der Waals surface area contributed by atoms with Gasteiger partial charge in [-0.3, -0.25) is 9.59 Å². The van der Waals surface area contributed by atoms with Gasteiger partial charge >= 0.3 is 0 Å². The molecule has 150 valence electrons. The maximum atomic E-state index is 12.8. The van der Waals surface area contributed by atoms with Gasteiger partial charge in [-0.25, -0.2) is 0 Å². The number of hydrogen-bond acceptors (Lipinski definition) is 2. The summed E-state index contributed by atoms with van der Waals surface area (Å²) in [4.78, 5) is 25.3. The first-order valence-corrected chi connectivity index (χ1v) is 10.3. The quantitative estimate of drug-likeness (QED) is 0.478. The van der Waals surface area contributed by atoms with E-state index in [1.165, 1.54) is 0 Å². The van der Waals surface area contributed by atoms with Gasteiger partial charge in [-0.2, -0.15) is 0 Å². The molecule has 0 N–H and O–H groups in total. The molecule has 1 aliphatic rings. The average molecular weight is 387 g/mol. The molecule has 0 radical (unpaired) electrons. The van der Waals surface area contributed by atoms with Gasteiger partial charge in [-0.05, 0) is 56.7 Å². The van der Waals surface area contributed by atoms with E-state index < -0.39 is 0 Å². The van der Waals surface area contributed by atoms with Crippen LogP contribution in [0.3, 0.4) is 0 Å². The zero-order valence-corrected chi connectivity index (χ0v) is 17.9. The number of fused-ring (bicyclic) bond motifs is 2. The van der Waals surface area contributed by atoms with Crippen LogP contribution in [0, 0.1) is 5.41 Å². The van der Waals surface area contributed by atoms with Crippen LogP contribution in [0.2, 0.25) is 0 Å². The minimum atomic E-state index is -0.0822. The molecular formula is C27H30O2. The molecule has 2 aromatic rings. The fourth-order valence-corrected chi connectivity index (χ4v) is 4.12. The Morgan fingerprint density at radius 2 is 1.69 bits per heavy atom. The Hall–Kier alpha value is -2.74. The molecule has 0 saturated carbocycles. The van der Waals surface area contributed by atoms with Gasteiger partial charge in [0.05, 0.1) is 6.42 Å². The van der Waals surface area contributed by atoms with E-state index in [1.807, 2.05) is 30.3 Å². The predicted octanol–water partition coefficient (Wildman–Crippen LogP) is 4.90. The van der Waals surface area contributed by atoms with Gasteiger partial charge in [0.25, 0.3) is 0 Å². The number of carbonyl (C=O) groups is 2. The molecule has 0 saturated heterocycles. The van der Waals surface area contributed by atoms with Gasteiger partial charge in [0.15, 0.2) is 5.78 Å². The van der Waals surface area contributed by atoms with Crippen molar-refractivity contribution in [3.05, 3.63) is 63.6 Å². The minimum Gasteiger partial charge on any atom is -0.299 e. The molecule has 0 bridgehead atoms. The summed E-state index contributed by atoms with van der Waals surface area (Å²) < 4.78 is 0. The average Bonchev–Trinajstić information content (AvgIpc) is 3.16. The van der Waals surface area contributed by atoms with Gasteiger partial charge < -0.3 is 0 Å². The van der Waals surface area contributed by atoms with Crippen LogP contribution >= 0.6 is 0 Å². The van der Waals surface area contributed by atoms with Crippen molar-refractivity contribution in [3.63, 3.8) is 0 Å². The molecule has 0 unspecified atom stereocenters. The highest BCUT2D eigenvalue weighted by Crippen LogP contribution is 2.32. The first-order chi connectivity index (χ1) is 13.7. The van der Waals surface area contributed by atoms with Crippen molar-refractivity contribution in [2.24, 2.45) is 5.41 Å². The van der Waals surface area contributed by atoms with Crippen LogP contribution in [-0.4, -0.2) is 11.6 Å². The summed E-state index contributed by atoms with van der Waals surface area (Å²) in [6.45, 7) is 18.9. The molecule has 3 rings (SSSR count). The highest BCUT2D eigenvalue weighted by Gasteiger charge is 2.25. The van der Waals surface area contributed by atoms with Crippen LogP contribution in [0.1, 0.15) is 57.6 Å². The van der Waals surface area contributed by atoms with E-state index in [9.17, 15) is 9.59 Å². The SMILES string of the molecule is C=C(CC)C(C)(C)CCC(=O)CC(=O)C1=Cc2c(c(=C)c3ccccc3c2=C)C1. The molecule has 0 fully saturated rings. The van der Waals surface area contributed by atoms with Crippen molar-refractivity contribution in [3.8, 4) is 0 Å². The third kappa shape index (κ3) is 4.03. The second kappa shape index (κ2) is 7.94. The summed E-state index contributed by atoms with van der Waals surface area (Å²) in [5, 5.41) is 4.02. The normalized spacial score (nSPS) is 13.3. The summed E-state index contributed by atoms with van der Waals surface area (Å²) in [6.07, 6.45) is 4.45. The molecule has 0 spiro atoms. The van der Waals surface area contributed by atoms with E-state index in [4.69, 9.17) is 0 Å². The predicted molar refractivity (Wildman–Crippen MR) is 123 cm³/mol. The fourth-order valence-electron chi connectivity index (χ4n) is 4.12. The molecule has 2 aromatic carbocycles. The number of allylic oxidation sites excluding steroid dienone is 2. The Morgan fingerprint density at radius 3 is 2.31 bits per heavy atom. The molecule has 2 nitrogen and oxygen atoms in total. The minimum absolute atomic E-state index is 0.00121. The Labute approximate surface area is 173 Å². The third-order valence-electron chi connectivity index (χ3n) is 6.41. The van der Waals surface area contributed by atoms with Gasteiger partial charge in [-0.1, -0.05) is 70.3 Å². The van der Waals surface area contributed by atoms with Gasteiger partial charge in [0, 0.05) is 18.4 Å². The standard InChI is InChI=1S/C27H30O2/c1-7-17(2)27(5,6)13-12-21(28)16-26(29)20-14-24-18(3)22-10-8-9-11-23(22)19(4)25(24)15-20/h8-11,14H,2-4,7,12-13,15-16H2,1,5-6H3. The van der Waals surface area contributed by atoms with Crippen molar-refractivity contribution in [1.29, 1.82) is 0 Å². The van der Waals surface area contributed by atoms with E-state index in [2.05, 4.69) is 40.5 Å². The maximum absolute atomic E-state index is 12.8. The zero-order valence-electron chi connectivity index (χ0n) is 17.9. The molecule has 29 heavy (non-hydrogen) atoms. The second-order valence-electron chi connectivity index (χ2n) is 8.72. The van der Waals surface area contributed by atoms with Crippen molar-refractivity contribution in [1.82, 2.24) is 0 Å². The fraction of sp³-hybridized carbons (Fsp3) is 0.333.